The fourth-order valence-electron chi connectivity index (χ4n) is 3.71. The smallest absolute Gasteiger partial charge is 0.152 e. The normalized spacial score (nSPS) is 19.9. The number of hydrogen-bond donors (Lipinski definition) is 0. The monoisotopic (exact) mass is 334 g/mol. The van der Waals surface area contributed by atoms with Gasteiger partial charge >= 0.3 is 0 Å². The molecule has 0 aliphatic heterocycles. The molecule has 0 radical (unpaired) electrons. The van der Waals surface area contributed by atoms with Gasteiger partial charge in [-0.3, -0.25) is 9.59 Å². The van der Waals surface area contributed by atoms with Crippen LogP contribution in [0.4, 0.5) is 4.39 Å². The number of terminal acetylenes is 1. The minimum Gasteiger partial charge on any atom is -0.298 e. The first kappa shape index (κ1) is 17.1. The molecule has 1 aliphatic carbocycles. The van der Waals surface area contributed by atoms with Gasteiger partial charge in [0, 0.05) is 18.8 Å². The molecule has 2 atom stereocenters. The molecule has 3 heteroatoms. The van der Waals surface area contributed by atoms with E-state index in [-0.39, 0.29) is 29.7 Å². The number of ketones is 2. The molecule has 0 N–H and O–H groups in total. The van der Waals surface area contributed by atoms with Crippen LogP contribution in [-0.2, 0) is 9.59 Å². The van der Waals surface area contributed by atoms with E-state index >= 15 is 0 Å². The van der Waals surface area contributed by atoms with Crippen LogP contribution in [-0.4, -0.2) is 11.6 Å². The van der Waals surface area contributed by atoms with Gasteiger partial charge in [-0.1, -0.05) is 24.3 Å². The number of carbonyl (C=O) groups is 2. The van der Waals surface area contributed by atoms with Crippen LogP contribution >= 0.6 is 0 Å². The summed E-state index contributed by atoms with van der Waals surface area (Å²) < 4.78 is 13.1. The van der Waals surface area contributed by atoms with E-state index in [4.69, 9.17) is 6.42 Å². The van der Waals surface area contributed by atoms with Crippen LogP contribution in [0.25, 0.3) is 11.1 Å². The Bertz CT molecular complexity index is 864. The Morgan fingerprint density at radius 2 is 1.68 bits per heavy atom. The average molecular weight is 334 g/mol. The summed E-state index contributed by atoms with van der Waals surface area (Å²) in [5.74, 6) is 1.02. The van der Waals surface area contributed by atoms with Gasteiger partial charge in [0.1, 0.15) is 17.5 Å². The number of benzene rings is 2. The van der Waals surface area contributed by atoms with Gasteiger partial charge in [0.25, 0.3) is 0 Å². The standard InChI is InChI=1S/C22H19FO2/c1-4-5-16-12-19(24)21(22(16)25)20-13(2)10-17(11-14(20)3)15-6-8-18(23)9-7-15/h1,6-11,16,21H,5,12H2,2-3H3. The molecule has 0 aromatic heterocycles. The van der Waals surface area contributed by atoms with Crippen LogP contribution in [0, 0.1) is 37.9 Å². The molecule has 1 aliphatic rings. The Hall–Kier alpha value is -2.73. The number of carbonyl (C=O) groups excluding carboxylic acids is 2. The zero-order chi connectivity index (χ0) is 18.1. The summed E-state index contributed by atoms with van der Waals surface area (Å²) in [6.07, 6.45) is 5.86. The summed E-state index contributed by atoms with van der Waals surface area (Å²) in [4.78, 5) is 25.1. The molecule has 25 heavy (non-hydrogen) atoms. The van der Waals surface area contributed by atoms with Gasteiger partial charge in [0.05, 0.1) is 0 Å². The second kappa shape index (κ2) is 6.64. The molecule has 2 unspecified atom stereocenters. The Labute approximate surface area is 147 Å². The maximum absolute atomic E-state index is 13.1. The molecular formula is C22H19FO2. The first-order valence-electron chi connectivity index (χ1n) is 8.29. The Morgan fingerprint density at radius 3 is 2.24 bits per heavy atom. The van der Waals surface area contributed by atoms with E-state index in [1.54, 1.807) is 12.1 Å². The lowest BCUT2D eigenvalue weighted by Gasteiger charge is -2.17. The van der Waals surface area contributed by atoms with Gasteiger partial charge in [-0.05, 0) is 53.8 Å². The molecular weight excluding hydrogens is 315 g/mol. The van der Waals surface area contributed by atoms with Gasteiger partial charge in [-0.25, -0.2) is 4.39 Å². The molecule has 0 saturated heterocycles. The SMILES string of the molecule is C#CCC1CC(=O)C(c2c(C)cc(-c3ccc(F)cc3)cc2C)C1=O. The summed E-state index contributed by atoms with van der Waals surface area (Å²) in [7, 11) is 0. The maximum atomic E-state index is 13.1. The summed E-state index contributed by atoms with van der Waals surface area (Å²) in [6, 6.07) is 10.2. The zero-order valence-corrected chi connectivity index (χ0v) is 14.3. The lowest BCUT2D eigenvalue weighted by Crippen LogP contribution is -2.17. The van der Waals surface area contributed by atoms with Gasteiger partial charge in [0.15, 0.2) is 5.78 Å². The highest BCUT2D eigenvalue weighted by atomic mass is 19.1. The minimum atomic E-state index is -0.708. The van der Waals surface area contributed by atoms with E-state index in [9.17, 15) is 14.0 Å². The quantitative estimate of drug-likeness (QED) is 0.617. The van der Waals surface area contributed by atoms with E-state index in [1.165, 1.54) is 12.1 Å². The Morgan fingerprint density at radius 1 is 1.08 bits per heavy atom. The second-order valence-electron chi connectivity index (χ2n) is 6.64. The summed E-state index contributed by atoms with van der Waals surface area (Å²) in [6.45, 7) is 3.81. The van der Waals surface area contributed by atoms with Crippen LogP contribution in [0.1, 0.15) is 35.4 Å². The van der Waals surface area contributed by atoms with Crippen molar-refractivity contribution >= 4 is 11.6 Å². The van der Waals surface area contributed by atoms with Crippen LogP contribution in [0.2, 0.25) is 0 Å². The minimum absolute atomic E-state index is 0.0500. The predicted octanol–water partition coefficient (Wildman–Crippen LogP) is 4.37. The molecule has 0 bridgehead atoms. The zero-order valence-electron chi connectivity index (χ0n) is 14.3. The molecule has 2 nitrogen and oxygen atoms in total. The van der Waals surface area contributed by atoms with E-state index in [2.05, 4.69) is 5.92 Å². The molecule has 126 valence electrons. The van der Waals surface area contributed by atoms with Crippen LogP contribution in [0.5, 0.6) is 0 Å². The Balaban J connectivity index is 2.01. The van der Waals surface area contributed by atoms with Gasteiger partial charge in [-0.15, -0.1) is 12.3 Å². The molecule has 2 aromatic carbocycles. The van der Waals surface area contributed by atoms with Crippen molar-refractivity contribution in [3.63, 3.8) is 0 Å². The first-order valence-corrected chi connectivity index (χ1v) is 8.29. The maximum Gasteiger partial charge on any atom is 0.152 e. The molecule has 1 fully saturated rings. The number of Topliss-reactive ketones (excluding diaryl/α,β-unsaturated/α-hetero) is 2. The summed E-state index contributed by atoms with van der Waals surface area (Å²) in [5.41, 5.74) is 4.42. The number of halogens is 1. The highest BCUT2D eigenvalue weighted by Gasteiger charge is 2.42. The summed E-state index contributed by atoms with van der Waals surface area (Å²) >= 11 is 0. The highest BCUT2D eigenvalue weighted by molar-refractivity contribution is 6.15. The average Bonchev–Trinajstić information content (AvgIpc) is 2.83. The van der Waals surface area contributed by atoms with Crippen LogP contribution in [0.15, 0.2) is 36.4 Å². The van der Waals surface area contributed by atoms with Crippen molar-refractivity contribution < 1.29 is 14.0 Å². The number of hydrogen-bond acceptors (Lipinski definition) is 2. The van der Waals surface area contributed by atoms with Crippen molar-refractivity contribution in [2.75, 3.05) is 0 Å². The van der Waals surface area contributed by atoms with Crippen molar-refractivity contribution in [1.82, 2.24) is 0 Å². The van der Waals surface area contributed by atoms with Crippen molar-refractivity contribution in [3.8, 4) is 23.5 Å². The molecule has 0 spiro atoms. The predicted molar refractivity (Wildman–Crippen MR) is 95.6 cm³/mol. The third-order valence-corrected chi connectivity index (χ3v) is 4.88. The third-order valence-electron chi connectivity index (χ3n) is 4.88. The van der Waals surface area contributed by atoms with Crippen molar-refractivity contribution in [3.05, 3.63) is 58.9 Å². The molecule has 1 saturated carbocycles. The van der Waals surface area contributed by atoms with Gasteiger partial charge < -0.3 is 0 Å². The van der Waals surface area contributed by atoms with Crippen molar-refractivity contribution in [1.29, 1.82) is 0 Å². The third kappa shape index (κ3) is 3.13. The number of rotatable bonds is 3. The molecule has 2 aromatic rings. The van der Waals surface area contributed by atoms with E-state index in [0.29, 0.717) is 6.42 Å². The van der Waals surface area contributed by atoms with Gasteiger partial charge in [-0.2, -0.15) is 0 Å². The highest BCUT2D eigenvalue weighted by Crippen LogP contribution is 2.38. The molecule has 0 amide bonds. The fourth-order valence-corrected chi connectivity index (χ4v) is 3.71. The lowest BCUT2D eigenvalue weighted by atomic mass is 9.85. The molecule has 0 heterocycles. The topological polar surface area (TPSA) is 34.1 Å². The fraction of sp³-hybridized carbons (Fsp3) is 0.273. The van der Waals surface area contributed by atoms with E-state index < -0.39 is 5.92 Å². The van der Waals surface area contributed by atoms with Gasteiger partial charge in [0.2, 0.25) is 0 Å². The summed E-state index contributed by atoms with van der Waals surface area (Å²) in [5, 5.41) is 0. The van der Waals surface area contributed by atoms with Crippen LogP contribution < -0.4 is 0 Å². The number of aryl methyl sites for hydroxylation is 2. The van der Waals surface area contributed by atoms with Crippen LogP contribution in [0.3, 0.4) is 0 Å². The molecule has 3 rings (SSSR count). The van der Waals surface area contributed by atoms with Crippen molar-refractivity contribution in [2.45, 2.75) is 32.6 Å². The lowest BCUT2D eigenvalue weighted by molar-refractivity contribution is -0.124. The van der Waals surface area contributed by atoms with Crippen molar-refractivity contribution in [2.24, 2.45) is 5.92 Å². The second-order valence-corrected chi connectivity index (χ2v) is 6.64. The largest absolute Gasteiger partial charge is 0.298 e. The van der Waals surface area contributed by atoms with E-state index in [1.807, 2.05) is 26.0 Å². The van der Waals surface area contributed by atoms with E-state index in [0.717, 1.165) is 27.8 Å². The first-order chi connectivity index (χ1) is 11.9. The Kier molecular flexibility index (Phi) is 4.55.